The van der Waals surface area contributed by atoms with Crippen LogP contribution in [0.2, 0.25) is 0 Å². The fourth-order valence-electron chi connectivity index (χ4n) is 2.91. The van der Waals surface area contributed by atoms with E-state index in [1.54, 1.807) is 62.8 Å². The van der Waals surface area contributed by atoms with Crippen molar-refractivity contribution in [1.82, 2.24) is 4.31 Å². The Hall–Kier alpha value is -2.84. The normalized spacial score (nSPS) is 12.3. The highest BCUT2D eigenvalue weighted by Gasteiger charge is 2.37. The van der Waals surface area contributed by atoms with Crippen LogP contribution in [-0.4, -0.2) is 45.3 Å². The van der Waals surface area contributed by atoms with Gasteiger partial charge in [-0.15, -0.1) is 6.58 Å². The average Bonchev–Trinajstić information content (AvgIpc) is 2.77. The number of esters is 1. The quantitative estimate of drug-likeness (QED) is 0.400. The Bertz CT molecular complexity index is 889. The number of hydrogen-bond acceptors (Lipinski definition) is 6. The molecule has 8 heteroatoms. The van der Waals surface area contributed by atoms with Gasteiger partial charge in [0, 0.05) is 13.1 Å². The average molecular weight is 434 g/mol. The van der Waals surface area contributed by atoms with Crippen molar-refractivity contribution in [2.45, 2.75) is 24.8 Å². The molecule has 0 aliphatic carbocycles. The summed E-state index contributed by atoms with van der Waals surface area (Å²) in [5, 5.41) is -1.36. The van der Waals surface area contributed by atoms with Gasteiger partial charge < -0.3 is 14.2 Å². The van der Waals surface area contributed by atoms with E-state index in [2.05, 4.69) is 6.58 Å². The zero-order valence-electron chi connectivity index (χ0n) is 17.4. The molecule has 1 atom stereocenters. The second-order valence-corrected chi connectivity index (χ2v) is 8.66. The number of allylic oxidation sites excluding steroid dienone is 1. The topological polar surface area (TPSA) is 82.1 Å². The molecule has 0 fully saturated rings. The van der Waals surface area contributed by atoms with Crippen molar-refractivity contribution >= 4 is 16.0 Å². The van der Waals surface area contributed by atoms with Crippen LogP contribution < -0.4 is 9.47 Å². The van der Waals surface area contributed by atoms with Gasteiger partial charge in [-0.1, -0.05) is 30.3 Å². The van der Waals surface area contributed by atoms with Gasteiger partial charge in [0.25, 0.3) is 0 Å². The molecule has 0 N–H and O–H groups in total. The molecule has 0 bridgehead atoms. The van der Waals surface area contributed by atoms with Gasteiger partial charge in [0.15, 0.2) is 5.25 Å². The minimum atomic E-state index is -4.04. The summed E-state index contributed by atoms with van der Waals surface area (Å²) in [6.45, 7) is 3.75. The molecule has 162 valence electrons. The second-order valence-electron chi connectivity index (χ2n) is 6.55. The van der Waals surface area contributed by atoms with E-state index in [9.17, 15) is 13.2 Å². The zero-order valence-corrected chi connectivity index (χ0v) is 18.2. The van der Waals surface area contributed by atoms with Crippen LogP contribution in [0.25, 0.3) is 0 Å². The molecule has 0 saturated carbocycles. The molecule has 0 aliphatic rings. The monoisotopic (exact) mass is 433 g/mol. The molecule has 2 aromatic carbocycles. The highest BCUT2D eigenvalue weighted by molar-refractivity contribution is 7.90. The van der Waals surface area contributed by atoms with Crippen LogP contribution in [0.1, 0.15) is 17.5 Å². The van der Waals surface area contributed by atoms with Crippen LogP contribution >= 0.6 is 0 Å². The van der Waals surface area contributed by atoms with Crippen molar-refractivity contribution in [2.75, 3.05) is 21.3 Å². The number of carbonyl (C=O) groups excluding carboxylic acids is 1. The van der Waals surface area contributed by atoms with Gasteiger partial charge in [-0.3, -0.25) is 4.79 Å². The fraction of sp³-hybridized carbons (Fsp3) is 0.318. The van der Waals surface area contributed by atoms with E-state index in [0.29, 0.717) is 11.5 Å². The van der Waals surface area contributed by atoms with E-state index in [1.165, 1.54) is 17.5 Å². The van der Waals surface area contributed by atoms with Gasteiger partial charge in [0.2, 0.25) is 10.0 Å². The minimum Gasteiger partial charge on any atom is -0.497 e. The molecule has 7 nitrogen and oxygen atoms in total. The lowest BCUT2D eigenvalue weighted by Crippen LogP contribution is -2.42. The molecule has 0 unspecified atom stereocenters. The molecular weight excluding hydrogens is 406 g/mol. The van der Waals surface area contributed by atoms with Crippen LogP contribution in [0, 0.1) is 0 Å². The fourth-order valence-corrected chi connectivity index (χ4v) is 4.64. The van der Waals surface area contributed by atoms with Gasteiger partial charge in [0.05, 0.1) is 21.3 Å². The lowest BCUT2D eigenvalue weighted by atomic mass is 10.2. The number of nitrogens with zero attached hydrogens (tertiary/aromatic N) is 1. The molecule has 0 aromatic heterocycles. The highest BCUT2D eigenvalue weighted by Crippen LogP contribution is 2.23. The van der Waals surface area contributed by atoms with Gasteiger partial charge in [0.1, 0.15) is 11.5 Å². The maximum absolute atomic E-state index is 13.4. The number of rotatable bonds is 11. The maximum Gasteiger partial charge on any atom is 0.325 e. The van der Waals surface area contributed by atoms with Crippen LogP contribution in [0.4, 0.5) is 0 Å². The van der Waals surface area contributed by atoms with Crippen molar-refractivity contribution in [1.29, 1.82) is 0 Å². The summed E-state index contributed by atoms with van der Waals surface area (Å²) in [7, 11) is 0.255. The number of benzene rings is 2. The SMILES string of the molecule is C=CC[C@H](C(=O)OC)S(=O)(=O)N(Cc1ccc(OC)cc1)Cc1ccc(OC)cc1. The van der Waals surface area contributed by atoms with E-state index in [0.717, 1.165) is 11.1 Å². The molecule has 0 radical (unpaired) electrons. The number of methoxy groups -OCH3 is 3. The first-order valence-electron chi connectivity index (χ1n) is 9.29. The van der Waals surface area contributed by atoms with Crippen LogP contribution in [0.3, 0.4) is 0 Å². The molecule has 0 amide bonds. The smallest absolute Gasteiger partial charge is 0.325 e. The maximum atomic E-state index is 13.4. The van der Waals surface area contributed by atoms with Gasteiger partial charge in [-0.05, 0) is 41.8 Å². The predicted octanol–water partition coefficient (Wildman–Crippen LogP) is 3.15. The summed E-state index contributed by atoms with van der Waals surface area (Å²) in [5.74, 6) is 0.522. The molecule has 0 saturated heterocycles. The summed E-state index contributed by atoms with van der Waals surface area (Å²) >= 11 is 0. The van der Waals surface area contributed by atoms with Crippen molar-refractivity contribution in [3.8, 4) is 11.5 Å². The number of carbonyl (C=O) groups is 1. The standard InChI is InChI=1S/C22H27NO6S/c1-5-6-21(22(24)29-4)30(25,26)23(15-17-7-11-19(27-2)12-8-17)16-18-9-13-20(28-3)14-10-18/h5,7-14,21H,1,6,15-16H2,2-4H3/t21-/m1/s1. The van der Waals surface area contributed by atoms with Crippen molar-refractivity contribution in [3.63, 3.8) is 0 Å². The van der Waals surface area contributed by atoms with Crippen molar-refractivity contribution in [2.24, 2.45) is 0 Å². The summed E-state index contributed by atoms with van der Waals surface area (Å²) in [6.07, 6.45) is 1.36. The molecule has 0 aliphatic heterocycles. The Kier molecular flexibility index (Phi) is 8.44. The Morgan fingerprint density at radius 1 is 0.933 bits per heavy atom. The minimum absolute atomic E-state index is 0.0449. The van der Waals surface area contributed by atoms with Crippen molar-refractivity contribution in [3.05, 3.63) is 72.3 Å². The zero-order chi connectivity index (χ0) is 22.1. The molecule has 2 rings (SSSR count). The predicted molar refractivity (Wildman–Crippen MR) is 115 cm³/mol. The van der Waals surface area contributed by atoms with Gasteiger partial charge in [-0.25, -0.2) is 8.42 Å². The Balaban J connectivity index is 2.40. The van der Waals surface area contributed by atoms with Gasteiger partial charge >= 0.3 is 5.97 Å². The Morgan fingerprint density at radius 3 is 1.70 bits per heavy atom. The van der Waals surface area contributed by atoms with E-state index in [1.807, 2.05) is 0 Å². The van der Waals surface area contributed by atoms with E-state index < -0.39 is 21.2 Å². The summed E-state index contributed by atoms with van der Waals surface area (Å²) < 4.78 is 43.1. The first kappa shape index (κ1) is 23.4. The lowest BCUT2D eigenvalue weighted by molar-refractivity contribution is -0.140. The largest absolute Gasteiger partial charge is 0.497 e. The molecule has 0 spiro atoms. The van der Waals surface area contributed by atoms with E-state index in [-0.39, 0.29) is 19.5 Å². The molecule has 0 heterocycles. The number of ether oxygens (including phenoxy) is 3. The summed E-state index contributed by atoms with van der Waals surface area (Å²) in [4.78, 5) is 12.2. The van der Waals surface area contributed by atoms with Crippen LogP contribution in [-0.2, 0) is 32.6 Å². The van der Waals surface area contributed by atoms with Gasteiger partial charge in [-0.2, -0.15) is 4.31 Å². The third-order valence-electron chi connectivity index (χ3n) is 4.60. The lowest BCUT2D eigenvalue weighted by Gasteiger charge is -2.26. The van der Waals surface area contributed by atoms with Crippen LogP contribution in [0.5, 0.6) is 11.5 Å². The molecular formula is C22H27NO6S. The number of sulfonamides is 1. The van der Waals surface area contributed by atoms with Crippen LogP contribution in [0.15, 0.2) is 61.2 Å². The Labute approximate surface area is 177 Å². The first-order chi connectivity index (χ1) is 14.3. The second kappa shape index (κ2) is 10.8. The Morgan fingerprint density at radius 2 is 1.37 bits per heavy atom. The third-order valence-corrected chi connectivity index (χ3v) is 6.68. The summed E-state index contributed by atoms with van der Waals surface area (Å²) in [5.41, 5.74) is 1.52. The van der Waals surface area contributed by atoms with Crippen molar-refractivity contribution < 1.29 is 27.4 Å². The molecule has 30 heavy (non-hydrogen) atoms. The highest BCUT2D eigenvalue weighted by atomic mass is 32.2. The summed E-state index contributed by atoms with van der Waals surface area (Å²) in [6, 6.07) is 14.2. The third kappa shape index (κ3) is 5.84. The first-order valence-corrected chi connectivity index (χ1v) is 10.8. The molecule has 2 aromatic rings. The number of hydrogen-bond donors (Lipinski definition) is 0. The van der Waals surface area contributed by atoms with E-state index >= 15 is 0 Å². The van der Waals surface area contributed by atoms with E-state index in [4.69, 9.17) is 14.2 Å².